The van der Waals surface area contributed by atoms with E-state index in [2.05, 4.69) is 5.32 Å². The molecule has 0 saturated carbocycles. The van der Waals surface area contributed by atoms with Crippen molar-refractivity contribution in [1.82, 2.24) is 0 Å². The third-order valence-electron chi connectivity index (χ3n) is 4.49. The Kier molecular flexibility index (Phi) is 7.42. The lowest BCUT2D eigenvalue weighted by Crippen LogP contribution is -2.31. The fraction of sp³-hybridized carbons (Fsp3) is 0.174. The van der Waals surface area contributed by atoms with E-state index in [1.807, 2.05) is 18.2 Å². The minimum Gasteiger partial charge on any atom is -0.455 e. The first-order valence-electron chi connectivity index (χ1n) is 9.78. The Bertz CT molecular complexity index is 1190. The number of sulfonamides is 1. The van der Waals surface area contributed by atoms with E-state index in [1.165, 1.54) is 6.07 Å². The third-order valence-corrected chi connectivity index (χ3v) is 5.68. The summed E-state index contributed by atoms with van der Waals surface area (Å²) < 4.78 is 57.7. The molecule has 9 heteroatoms. The van der Waals surface area contributed by atoms with E-state index >= 15 is 0 Å². The zero-order valence-electron chi connectivity index (χ0n) is 17.3. The first kappa shape index (κ1) is 23.2. The van der Waals surface area contributed by atoms with Crippen molar-refractivity contribution in [2.75, 3.05) is 22.4 Å². The molecule has 0 aliphatic rings. The summed E-state index contributed by atoms with van der Waals surface area (Å²) in [4.78, 5) is 12.4. The second kappa shape index (κ2) is 10.2. The SMILES string of the molecule is CS(=O)(=O)N(CCCC(=O)Nc1ccccc1Oc1ccccc1)c1ccc(F)c(F)c1. The molecule has 0 radical (unpaired) electrons. The molecule has 168 valence electrons. The number of benzene rings is 3. The lowest BCUT2D eigenvalue weighted by molar-refractivity contribution is -0.116. The van der Waals surface area contributed by atoms with Gasteiger partial charge in [0, 0.05) is 19.0 Å². The van der Waals surface area contributed by atoms with E-state index in [0.29, 0.717) is 17.2 Å². The second-order valence-electron chi connectivity index (χ2n) is 7.00. The minimum atomic E-state index is -3.75. The van der Waals surface area contributed by atoms with Crippen LogP contribution in [0.15, 0.2) is 72.8 Å². The summed E-state index contributed by atoms with van der Waals surface area (Å²) >= 11 is 0. The van der Waals surface area contributed by atoms with Crippen LogP contribution in [-0.4, -0.2) is 27.1 Å². The van der Waals surface area contributed by atoms with Crippen LogP contribution in [0.1, 0.15) is 12.8 Å². The summed E-state index contributed by atoms with van der Waals surface area (Å²) in [6, 6.07) is 18.9. The second-order valence-corrected chi connectivity index (χ2v) is 8.90. The first-order valence-corrected chi connectivity index (χ1v) is 11.6. The molecule has 3 aromatic rings. The fourth-order valence-corrected chi connectivity index (χ4v) is 3.95. The highest BCUT2D eigenvalue weighted by molar-refractivity contribution is 7.92. The molecule has 6 nitrogen and oxygen atoms in total. The highest BCUT2D eigenvalue weighted by atomic mass is 32.2. The predicted molar refractivity (Wildman–Crippen MR) is 119 cm³/mol. The first-order chi connectivity index (χ1) is 15.2. The van der Waals surface area contributed by atoms with Crippen LogP contribution in [0.2, 0.25) is 0 Å². The number of rotatable bonds is 9. The number of nitrogens with zero attached hydrogens (tertiary/aromatic N) is 1. The highest BCUT2D eigenvalue weighted by Gasteiger charge is 2.19. The molecule has 3 rings (SSSR count). The van der Waals surface area contributed by atoms with Gasteiger partial charge in [-0.05, 0) is 42.8 Å². The number of hydrogen-bond donors (Lipinski definition) is 1. The molecule has 0 atom stereocenters. The van der Waals surface area contributed by atoms with Crippen molar-refractivity contribution in [2.45, 2.75) is 12.8 Å². The lowest BCUT2D eigenvalue weighted by atomic mass is 10.2. The zero-order valence-corrected chi connectivity index (χ0v) is 18.1. The largest absolute Gasteiger partial charge is 0.455 e. The molecule has 0 unspecified atom stereocenters. The van der Waals surface area contributed by atoms with Crippen molar-refractivity contribution in [1.29, 1.82) is 0 Å². The summed E-state index contributed by atoms with van der Waals surface area (Å²) in [6.07, 6.45) is 1.14. The molecular formula is C23H22F2N2O4S. The third kappa shape index (κ3) is 6.27. The van der Waals surface area contributed by atoms with E-state index in [-0.39, 0.29) is 31.0 Å². The molecule has 0 heterocycles. The number of ether oxygens (including phenoxy) is 1. The van der Waals surface area contributed by atoms with Gasteiger partial charge in [0.2, 0.25) is 15.9 Å². The number of para-hydroxylation sites is 3. The number of carbonyl (C=O) groups is 1. The summed E-state index contributed by atoms with van der Waals surface area (Å²) in [6.45, 7) is -0.0700. The van der Waals surface area contributed by atoms with Crippen molar-refractivity contribution < 1.29 is 26.7 Å². The van der Waals surface area contributed by atoms with Gasteiger partial charge in [0.05, 0.1) is 17.6 Å². The number of carbonyl (C=O) groups excluding carboxylic acids is 1. The summed E-state index contributed by atoms with van der Waals surface area (Å²) in [5, 5.41) is 2.76. The maximum absolute atomic E-state index is 13.5. The van der Waals surface area contributed by atoms with Crippen LogP contribution < -0.4 is 14.4 Å². The van der Waals surface area contributed by atoms with Gasteiger partial charge in [-0.2, -0.15) is 0 Å². The van der Waals surface area contributed by atoms with Crippen LogP contribution in [0, 0.1) is 11.6 Å². The Morgan fingerprint density at radius 2 is 1.66 bits per heavy atom. The van der Waals surface area contributed by atoms with Gasteiger partial charge in [0.25, 0.3) is 0 Å². The van der Waals surface area contributed by atoms with Crippen molar-refractivity contribution in [3.63, 3.8) is 0 Å². The fourth-order valence-electron chi connectivity index (χ4n) is 3.00. The molecule has 1 N–H and O–H groups in total. The monoisotopic (exact) mass is 460 g/mol. The van der Waals surface area contributed by atoms with E-state index in [1.54, 1.807) is 36.4 Å². The van der Waals surface area contributed by atoms with Crippen LogP contribution in [0.3, 0.4) is 0 Å². The maximum atomic E-state index is 13.5. The van der Waals surface area contributed by atoms with Crippen LogP contribution in [0.4, 0.5) is 20.2 Å². The van der Waals surface area contributed by atoms with Crippen molar-refractivity contribution in [2.24, 2.45) is 0 Å². The van der Waals surface area contributed by atoms with Gasteiger partial charge in [0.15, 0.2) is 17.4 Å². The Hall–Kier alpha value is -3.46. The smallest absolute Gasteiger partial charge is 0.232 e. The zero-order chi connectivity index (χ0) is 23.1. The summed E-state index contributed by atoms with van der Waals surface area (Å²) in [5.74, 6) is -1.48. The number of nitrogens with one attached hydrogen (secondary N) is 1. The van der Waals surface area contributed by atoms with Gasteiger partial charge in [-0.25, -0.2) is 17.2 Å². The van der Waals surface area contributed by atoms with Crippen LogP contribution in [0.25, 0.3) is 0 Å². The standard InChI is InChI=1S/C23H22F2N2O4S/c1-32(29,30)27(17-13-14-19(24)20(25)16-17)15-7-12-23(28)26-21-10-5-6-11-22(21)31-18-8-3-2-4-9-18/h2-6,8-11,13-14,16H,7,12,15H2,1H3,(H,26,28). The van der Waals surface area contributed by atoms with Crippen molar-refractivity contribution in [3.8, 4) is 11.5 Å². The van der Waals surface area contributed by atoms with Gasteiger partial charge in [-0.3, -0.25) is 9.10 Å². The quantitative estimate of drug-likeness (QED) is 0.491. The van der Waals surface area contributed by atoms with Gasteiger partial charge < -0.3 is 10.1 Å². The molecule has 32 heavy (non-hydrogen) atoms. The number of halogens is 2. The number of hydrogen-bond acceptors (Lipinski definition) is 4. The molecule has 0 spiro atoms. The molecule has 3 aromatic carbocycles. The number of anilines is 2. The van der Waals surface area contributed by atoms with Gasteiger partial charge in [0.1, 0.15) is 5.75 Å². The molecule has 0 aromatic heterocycles. The van der Waals surface area contributed by atoms with E-state index in [9.17, 15) is 22.0 Å². The van der Waals surface area contributed by atoms with Gasteiger partial charge in [-0.1, -0.05) is 30.3 Å². The normalized spacial score (nSPS) is 11.1. The molecule has 0 aliphatic carbocycles. The topological polar surface area (TPSA) is 75.7 Å². The minimum absolute atomic E-state index is 0.00610. The summed E-state index contributed by atoms with van der Waals surface area (Å²) in [5.41, 5.74) is 0.468. The lowest BCUT2D eigenvalue weighted by Gasteiger charge is -2.22. The average Bonchev–Trinajstić information content (AvgIpc) is 2.75. The molecule has 0 fully saturated rings. The molecule has 1 amide bonds. The van der Waals surface area contributed by atoms with Crippen LogP contribution >= 0.6 is 0 Å². The Morgan fingerprint density at radius 3 is 2.34 bits per heavy atom. The summed E-state index contributed by atoms with van der Waals surface area (Å²) in [7, 11) is -3.75. The van der Waals surface area contributed by atoms with Crippen molar-refractivity contribution >= 4 is 27.3 Å². The maximum Gasteiger partial charge on any atom is 0.232 e. The Labute approximate surface area is 185 Å². The highest BCUT2D eigenvalue weighted by Crippen LogP contribution is 2.29. The Morgan fingerprint density at radius 1 is 0.969 bits per heavy atom. The van der Waals surface area contributed by atoms with E-state index in [0.717, 1.165) is 22.7 Å². The van der Waals surface area contributed by atoms with Gasteiger partial charge in [-0.15, -0.1) is 0 Å². The van der Waals surface area contributed by atoms with Crippen molar-refractivity contribution in [3.05, 3.63) is 84.4 Å². The van der Waals surface area contributed by atoms with Gasteiger partial charge >= 0.3 is 0 Å². The van der Waals surface area contributed by atoms with Crippen LogP contribution in [-0.2, 0) is 14.8 Å². The molecular weight excluding hydrogens is 438 g/mol. The van der Waals surface area contributed by atoms with E-state index in [4.69, 9.17) is 4.74 Å². The average molecular weight is 461 g/mol. The number of amides is 1. The molecule has 0 saturated heterocycles. The van der Waals surface area contributed by atoms with E-state index < -0.39 is 21.7 Å². The predicted octanol–water partition coefficient (Wildman–Crippen LogP) is 4.94. The van der Waals surface area contributed by atoms with Crippen LogP contribution in [0.5, 0.6) is 11.5 Å². The Balaban J connectivity index is 1.62. The molecule has 0 bridgehead atoms. The molecule has 0 aliphatic heterocycles.